The van der Waals surface area contributed by atoms with Crippen molar-refractivity contribution in [3.8, 4) is 23.0 Å². The number of aromatic carboxylic acids is 1. The molecule has 0 fully saturated rings. The summed E-state index contributed by atoms with van der Waals surface area (Å²) >= 11 is 0. The fraction of sp³-hybridized carbons (Fsp3) is 0.333. The number of phenols is 1. The fourth-order valence-electron chi connectivity index (χ4n) is 2.17. The molecule has 0 spiro atoms. The van der Waals surface area contributed by atoms with E-state index in [1.807, 2.05) is 0 Å². The van der Waals surface area contributed by atoms with Crippen LogP contribution in [0.1, 0.15) is 40.5 Å². The first-order valence-electron chi connectivity index (χ1n) is 8.87. The van der Waals surface area contributed by atoms with Gasteiger partial charge in [0.05, 0.1) is 39.1 Å². The van der Waals surface area contributed by atoms with Gasteiger partial charge in [0.25, 0.3) is 0 Å². The van der Waals surface area contributed by atoms with Crippen LogP contribution in [0.15, 0.2) is 36.4 Å². The minimum Gasteiger partial charge on any atom is -0.504 e. The summed E-state index contributed by atoms with van der Waals surface area (Å²) in [7, 11) is 4.20. The average molecular weight is 406 g/mol. The zero-order valence-corrected chi connectivity index (χ0v) is 16.9. The van der Waals surface area contributed by atoms with Crippen molar-refractivity contribution in [2.24, 2.45) is 0 Å². The Morgan fingerprint density at radius 3 is 2.07 bits per heavy atom. The van der Waals surface area contributed by atoms with Crippen LogP contribution in [0, 0.1) is 0 Å². The number of hydrogen-bond acceptors (Lipinski definition) is 7. The van der Waals surface area contributed by atoms with Gasteiger partial charge in [-0.25, -0.2) is 9.59 Å². The number of methoxy groups -OCH3 is 3. The summed E-state index contributed by atoms with van der Waals surface area (Å²) in [5.41, 5.74) is 0.539. The van der Waals surface area contributed by atoms with E-state index in [4.69, 9.17) is 19.3 Å². The topological polar surface area (TPSA) is 112 Å². The lowest BCUT2D eigenvalue weighted by atomic mass is 10.2. The fourth-order valence-corrected chi connectivity index (χ4v) is 2.17. The van der Waals surface area contributed by atoms with Gasteiger partial charge in [-0.3, -0.25) is 0 Å². The van der Waals surface area contributed by atoms with Crippen LogP contribution < -0.4 is 14.2 Å². The molecule has 8 heteroatoms. The van der Waals surface area contributed by atoms with Gasteiger partial charge in [0.15, 0.2) is 23.0 Å². The summed E-state index contributed by atoms with van der Waals surface area (Å²) in [5, 5.41) is 18.0. The van der Waals surface area contributed by atoms with E-state index < -0.39 is 11.9 Å². The molecule has 0 bridgehead atoms. The van der Waals surface area contributed by atoms with Crippen molar-refractivity contribution in [3.05, 3.63) is 47.5 Å². The molecule has 29 heavy (non-hydrogen) atoms. The number of benzene rings is 2. The van der Waals surface area contributed by atoms with Crippen molar-refractivity contribution in [2.45, 2.75) is 19.8 Å². The minimum atomic E-state index is -0.974. The van der Waals surface area contributed by atoms with Crippen molar-refractivity contribution < 1.29 is 38.7 Å². The molecule has 0 unspecified atom stereocenters. The second kappa shape index (κ2) is 12.1. The molecule has 0 saturated carbocycles. The van der Waals surface area contributed by atoms with E-state index in [1.54, 1.807) is 6.07 Å². The van der Waals surface area contributed by atoms with E-state index in [0.29, 0.717) is 23.7 Å². The van der Waals surface area contributed by atoms with E-state index >= 15 is 0 Å². The summed E-state index contributed by atoms with van der Waals surface area (Å²) in [6.45, 7) is 2.69. The lowest BCUT2D eigenvalue weighted by Gasteiger charge is -2.10. The Morgan fingerprint density at radius 2 is 1.52 bits per heavy atom. The number of aromatic hydroxyl groups is 1. The van der Waals surface area contributed by atoms with Crippen LogP contribution in [0.4, 0.5) is 0 Å². The van der Waals surface area contributed by atoms with Crippen LogP contribution in [-0.4, -0.2) is 50.1 Å². The van der Waals surface area contributed by atoms with E-state index in [0.717, 1.165) is 12.8 Å². The number of carbonyl (C=O) groups is 2. The maximum atomic E-state index is 11.0. The van der Waals surface area contributed by atoms with Gasteiger partial charge >= 0.3 is 11.9 Å². The predicted molar refractivity (Wildman–Crippen MR) is 106 cm³/mol. The highest BCUT2D eigenvalue weighted by molar-refractivity contribution is 5.90. The largest absolute Gasteiger partial charge is 0.504 e. The molecule has 0 radical (unpaired) electrons. The number of hydrogen-bond donors (Lipinski definition) is 2. The predicted octanol–water partition coefficient (Wildman–Crippen LogP) is 3.76. The molecular formula is C21H26O8. The first-order valence-corrected chi connectivity index (χ1v) is 8.87. The van der Waals surface area contributed by atoms with Gasteiger partial charge in [0.1, 0.15) is 0 Å². The highest BCUT2D eigenvalue weighted by Crippen LogP contribution is 2.28. The van der Waals surface area contributed by atoms with Crippen LogP contribution in [0.25, 0.3) is 0 Å². The molecule has 0 aromatic heterocycles. The molecule has 8 nitrogen and oxygen atoms in total. The first kappa shape index (κ1) is 23.6. The number of carbonyl (C=O) groups excluding carboxylic acids is 1. The second-order valence-corrected chi connectivity index (χ2v) is 5.75. The molecule has 0 atom stereocenters. The van der Waals surface area contributed by atoms with Crippen molar-refractivity contribution >= 4 is 11.9 Å². The Hall–Kier alpha value is -3.42. The Bertz CT molecular complexity index is 816. The standard InChI is InChI=1S/C12H16O4.C9H10O4/c1-3-4-7-16-10-6-5-9(12(13)14)8-11(10)15-2;1-12-8-5-6(9(11)13-2)3-4-7(8)10/h5-6,8H,3-4,7H2,1-2H3,(H,13,14);3-5,10H,1-2H3. The summed E-state index contributed by atoms with van der Waals surface area (Å²) in [6.07, 6.45) is 2.01. The molecule has 0 saturated heterocycles. The van der Waals surface area contributed by atoms with E-state index in [1.165, 1.54) is 51.7 Å². The Labute approximate surface area is 169 Å². The molecule has 0 aliphatic carbocycles. The Morgan fingerprint density at radius 1 is 0.897 bits per heavy atom. The molecule has 2 aromatic rings. The molecule has 2 N–H and O–H groups in total. The monoisotopic (exact) mass is 406 g/mol. The zero-order chi connectivity index (χ0) is 21.8. The maximum Gasteiger partial charge on any atom is 0.337 e. The molecular weight excluding hydrogens is 380 g/mol. The van der Waals surface area contributed by atoms with Crippen LogP contribution in [-0.2, 0) is 4.74 Å². The Balaban J connectivity index is 0.000000296. The lowest BCUT2D eigenvalue weighted by Crippen LogP contribution is -2.01. The molecule has 2 rings (SSSR count). The van der Waals surface area contributed by atoms with Crippen molar-refractivity contribution in [2.75, 3.05) is 27.9 Å². The zero-order valence-electron chi connectivity index (χ0n) is 16.9. The first-order chi connectivity index (χ1) is 13.9. The lowest BCUT2D eigenvalue weighted by molar-refractivity contribution is 0.0599. The number of phenolic OH excluding ortho intramolecular Hbond substituents is 1. The maximum absolute atomic E-state index is 11.0. The molecule has 0 aliphatic heterocycles. The van der Waals surface area contributed by atoms with E-state index in [9.17, 15) is 14.7 Å². The smallest absolute Gasteiger partial charge is 0.337 e. The highest BCUT2D eigenvalue weighted by atomic mass is 16.5. The minimum absolute atomic E-state index is 0.00449. The van der Waals surface area contributed by atoms with Crippen LogP contribution in [0.3, 0.4) is 0 Å². The summed E-state index contributed by atoms with van der Waals surface area (Å²) in [6, 6.07) is 8.85. The molecule has 158 valence electrons. The number of esters is 1. The Kier molecular flexibility index (Phi) is 9.87. The average Bonchev–Trinajstić information content (AvgIpc) is 2.74. The summed E-state index contributed by atoms with van der Waals surface area (Å²) in [5.74, 6) is -0.147. The third-order valence-electron chi connectivity index (χ3n) is 3.77. The van der Waals surface area contributed by atoms with Gasteiger partial charge in [-0.15, -0.1) is 0 Å². The van der Waals surface area contributed by atoms with Crippen LogP contribution in [0.2, 0.25) is 0 Å². The number of unbranched alkanes of at least 4 members (excludes halogenated alkanes) is 1. The van der Waals surface area contributed by atoms with Crippen molar-refractivity contribution in [1.82, 2.24) is 0 Å². The van der Waals surface area contributed by atoms with Crippen molar-refractivity contribution in [1.29, 1.82) is 0 Å². The van der Waals surface area contributed by atoms with Gasteiger partial charge in [-0.05, 0) is 42.8 Å². The summed E-state index contributed by atoms with van der Waals surface area (Å²) in [4.78, 5) is 21.8. The van der Waals surface area contributed by atoms with Gasteiger partial charge in [-0.1, -0.05) is 13.3 Å². The number of carboxylic acid groups (broad SMARTS) is 1. The molecule has 0 heterocycles. The number of carboxylic acids is 1. The SMILES string of the molecule is CCCCOc1ccc(C(=O)O)cc1OC.COC(=O)c1ccc(O)c(OC)c1. The highest BCUT2D eigenvalue weighted by Gasteiger charge is 2.10. The van der Waals surface area contributed by atoms with E-state index in [2.05, 4.69) is 11.7 Å². The molecule has 0 aliphatic rings. The van der Waals surface area contributed by atoms with Crippen LogP contribution >= 0.6 is 0 Å². The van der Waals surface area contributed by atoms with Gasteiger partial charge in [0.2, 0.25) is 0 Å². The van der Waals surface area contributed by atoms with Crippen LogP contribution in [0.5, 0.6) is 23.0 Å². The quantitative estimate of drug-likeness (QED) is 0.503. The third-order valence-corrected chi connectivity index (χ3v) is 3.77. The molecule has 0 amide bonds. The van der Waals surface area contributed by atoms with Crippen molar-refractivity contribution in [3.63, 3.8) is 0 Å². The van der Waals surface area contributed by atoms with Gasteiger partial charge in [-0.2, -0.15) is 0 Å². The summed E-state index contributed by atoms with van der Waals surface area (Å²) < 4.78 is 19.9. The van der Waals surface area contributed by atoms with E-state index in [-0.39, 0.29) is 17.1 Å². The third kappa shape index (κ3) is 7.25. The van der Waals surface area contributed by atoms with Gasteiger partial charge < -0.3 is 29.2 Å². The normalized spacial score (nSPS) is 9.66. The molecule has 2 aromatic carbocycles. The van der Waals surface area contributed by atoms with Gasteiger partial charge in [0, 0.05) is 0 Å². The number of ether oxygens (including phenoxy) is 4. The second-order valence-electron chi connectivity index (χ2n) is 5.75. The number of rotatable bonds is 8.